The summed E-state index contributed by atoms with van der Waals surface area (Å²) in [6.45, 7) is 0. The molecule has 1 aromatic heterocycles. The highest BCUT2D eigenvalue weighted by atomic mass is 16.4. The highest BCUT2D eigenvalue weighted by molar-refractivity contribution is 6.58. The zero-order valence-corrected chi connectivity index (χ0v) is 5.52. The summed E-state index contributed by atoms with van der Waals surface area (Å²) in [6, 6.07) is 1.17. The Bertz CT molecular complexity index is 269. The van der Waals surface area contributed by atoms with E-state index in [1.54, 1.807) is 0 Å². The lowest BCUT2D eigenvalue weighted by Crippen LogP contribution is -2.28. The van der Waals surface area contributed by atoms with E-state index in [1.807, 2.05) is 0 Å². The van der Waals surface area contributed by atoms with E-state index in [1.165, 1.54) is 6.07 Å². The first-order valence-corrected chi connectivity index (χ1v) is 2.85. The maximum atomic E-state index is 10.4. The maximum Gasteiger partial charge on any atom is 0.491 e. The molecular weight excluding hydrogens is 149 g/mol. The molecule has 1 heterocycles. The number of rotatable bonds is 2. The van der Waals surface area contributed by atoms with Crippen LogP contribution in [0.5, 0.6) is 0 Å². The van der Waals surface area contributed by atoms with Crippen LogP contribution in [0.15, 0.2) is 16.7 Å². The van der Waals surface area contributed by atoms with E-state index >= 15 is 0 Å². The molecule has 1 aromatic rings. The summed E-state index contributed by atoms with van der Waals surface area (Å²) in [5.41, 5.74) is 4.94. The molecule has 0 fully saturated rings. The van der Waals surface area contributed by atoms with Gasteiger partial charge in [0.1, 0.15) is 0 Å². The Kier molecular flexibility index (Phi) is 1.97. The predicted molar refractivity (Wildman–Crippen MR) is 37.1 cm³/mol. The van der Waals surface area contributed by atoms with Crippen molar-refractivity contribution in [3.05, 3.63) is 18.1 Å². The zero-order valence-electron chi connectivity index (χ0n) is 5.52. The molecule has 0 saturated heterocycles. The van der Waals surface area contributed by atoms with Gasteiger partial charge >= 0.3 is 7.12 Å². The minimum Gasteiger partial charge on any atom is -0.460 e. The SMILES string of the molecule is NC(=O)c1cc(B(O)O)co1. The largest absolute Gasteiger partial charge is 0.491 e. The second kappa shape index (κ2) is 2.77. The lowest BCUT2D eigenvalue weighted by molar-refractivity contribution is 0.0974. The molecule has 5 nitrogen and oxygen atoms in total. The third-order valence-corrected chi connectivity index (χ3v) is 1.16. The Balaban J connectivity index is 2.90. The number of furan rings is 1. The van der Waals surface area contributed by atoms with E-state index < -0.39 is 13.0 Å². The fourth-order valence-corrected chi connectivity index (χ4v) is 0.616. The van der Waals surface area contributed by atoms with Crippen molar-refractivity contribution in [1.29, 1.82) is 0 Å². The fraction of sp³-hybridized carbons (Fsp3) is 0. The average Bonchev–Trinajstić information content (AvgIpc) is 2.33. The van der Waals surface area contributed by atoms with Gasteiger partial charge in [-0.25, -0.2) is 0 Å². The number of hydrogen-bond donors (Lipinski definition) is 3. The van der Waals surface area contributed by atoms with Crippen molar-refractivity contribution >= 4 is 18.5 Å². The predicted octanol–water partition coefficient (Wildman–Crippen LogP) is -1.94. The highest BCUT2D eigenvalue weighted by Gasteiger charge is 2.16. The van der Waals surface area contributed by atoms with Gasteiger partial charge in [0.05, 0.1) is 6.26 Å². The summed E-state index contributed by atoms with van der Waals surface area (Å²) in [7, 11) is -1.63. The van der Waals surface area contributed by atoms with Crippen molar-refractivity contribution in [2.45, 2.75) is 0 Å². The van der Waals surface area contributed by atoms with Gasteiger partial charge in [0, 0.05) is 5.46 Å². The number of amides is 1. The molecule has 0 saturated carbocycles. The molecule has 58 valence electrons. The third kappa shape index (κ3) is 1.60. The summed E-state index contributed by atoms with van der Waals surface area (Å²) >= 11 is 0. The second-order valence-corrected chi connectivity index (χ2v) is 1.98. The number of nitrogens with two attached hydrogens (primary N) is 1. The van der Waals surface area contributed by atoms with E-state index in [0.29, 0.717) is 0 Å². The zero-order chi connectivity index (χ0) is 8.43. The van der Waals surface area contributed by atoms with Gasteiger partial charge in [0.15, 0.2) is 5.76 Å². The smallest absolute Gasteiger partial charge is 0.460 e. The molecule has 0 aliphatic heterocycles. The quantitative estimate of drug-likeness (QED) is 0.432. The van der Waals surface area contributed by atoms with Crippen LogP contribution in [0.4, 0.5) is 0 Å². The fourth-order valence-electron chi connectivity index (χ4n) is 0.616. The molecule has 6 heteroatoms. The van der Waals surface area contributed by atoms with Crippen LogP contribution in [0.1, 0.15) is 10.6 Å². The van der Waals surface area contributed by atoms with E-state index in [2.05, 4.69) is 4.42 Å². The summed E-state index contributed by atoms with van der Waals surface area (Å²) in [5.74, 6) is -0.829. The van der Waals surface area contributed by atoms with Gasteiger partial charge in [0.25, 0.3) is 5.91 Å². The Hall–Kier alpha value is -1.27. The van der Waals surface area contributed by atoms with Crippen molar-refractivity contribution in [3.63, 3.8) is 0 Å². The van der Waals surface area contributed by atoms with E-state index in [-0.39, 0.29) is 11.2 Å². The van der Waals surface area contributed by atoms with Gasteiger partial charge in [-0.1, -0.05) is 0 Å². The molecule has 4 N–H and O–H groups in total. The molecule has 0 unspecified atom stereocenters. The van der Waals surface area contributed by atoms with Crippen molar-refractivity contribution in [2.24, 2.45) is 5.73 Å². The first-order valence-electron chi connectivity index (χ1n) is 2.85. The van der Waals surface area contributed by atoms with Crippen LogP contribution in [0.25, 0.3) is 0 Å². The topological polar surface area (TPSA) is 96.7 Å². The summed E-state index contributed by atoms with van der Waals surface area (Å²) in [5, 5.41) is 17.1. The number of carbonyl (C=O) groups is 1. The van der Waals surface area contributed by atoms with Crippen LogP contribution >= 0.6 is 0 Å². The minimum absolute atomic E-state index is 0.0897. The number of carbonyl (C=O) groups excluding carboxylic acids is 1. The summed E-state index contributed by atoms with van der Waals surface area (Å²) in [6.07, 6.45) is 1.06. The Morgan fingerprint density at radius 3 is 2.55 bits per heavy atom. The normalized spacial score (nSPS) is 9.64. The molecule has 0 aliphatic rings. The van der Waals surface area contributed by atoms with Crippen LogP contribution in [-0.2, 0) is 0 Å². The van der Waals surface area contributed by atoms with Crippen LogP contribution in [0.2, 0.25) is 0 Å². The second-order valence-electron chi connectivity index (χ2n) is 1.98. The van der Waals surface area contributed by atoms with Crippen molar-refractivity contribution in [3.8, 4) is 0 Å². The number of hydrogen-bond acceptors (Lipinski definition) is 4. The van der Waals surface area contributed by atoms with Gasteiger partial charge in [-0.05, 0) is 6.07 Å². The molecule has 0 atom stereocenters. The average molecular weight is 155 g/mol. The molecular formula is C5H6BNO4. The molecule has 11 heavy (non-hydrogen) atoms. The Labute approximate surface area is 62.6 Å². The van der Waals surface area contributed by atoms with Gasteiger partial charge in [0.2, 0.25) is 0 Å². The van der Waals surface area contributed by atoms with E-state index in [4.69, 9.17) is 15.8 Å². The summed E-state index contributed by atoms with van der Waals surface area (Å²) in [4.78, 5) is 10.4. The molecule has 0 spiro atoms. The van der Waals surface area contributed by atoms with Gasteiger partial charge < -0.3 is 20.2 Å². The maximum absolute atomic E-state index is 10.4. The van der Waals surface area contributed by atoms with E-state index in [0.717, 1.165) is 6.26 Å². The van der Waals surface area contributed by atoms with Gasteiger partial charge in [-0.2, -0.15) is 0 Å². The highest BCUT2D eigenvalue weighted by Crippen LogP contribution is 1.96. The molecule has 0 aromatic carbocycles. The molecule has 0 bridgehead atoms. The Morgan fingerprint density at radius 1 is 1.64 bits per heavy atom. The lowest BCUT2D eigenvalue weighted by atomic mass is 9.82. The first kappa shape index (κ1) is 7.84. The standard InChI is InChI=1S/C5H6BNO4/c7-5(8)4-1-3(2-11-4)6(9)10/h1-2,9-10H,(H2,7,8). The molecule has 0 aliphatic carbocycles. The monoisotopic (exact) mass is 155 g/mol. The van der Waals surface area contributed by atoms with Crippen LogP contribution < -0.4 is 11.2 Å². The van der Waals surface area contributed by atoms with Crippen LogP contribution in [0.3, 0.4) is 0 Å². The molecule has 0 radical (unpaired) electrons. The van der Waals surface area contributed by atoms with Crippen molar-refractivity contribution in [1.82, 2.24) is 0 Å². The molecule has 1 rings (SSSR count). The minimum atomic E-state index is -1.63. The first-order chi connectivity index (χ1) is 5.11. The third-order valence-electron chi connectivity index (χ3n) is 1.16. The molecule has 1 amide bonds. The lowest BCUT2D eigenvalue weighted by Gasteiger charge is -1.86. The number of primary amides is 1. The summed E-state index contributed by atoms with van der Waals surface area (Å²) < 4.78 is 4.59. The van der Waals surface area contributed by atoms with Gasteiger partial charge in [-0.3, -0.25) is 4.79 Å². The van der Waals surface area contributed by atoms with Crippen LogP contribution in [0, 0.1) is 0 Å². The van der Waals surface area contributed by atoms with Gasteiger partial charge in [-0.15, -0.1) is 0 Å². The van der Waals surface area contributed by atoms with E-state index in [9.17, 15) is 4.79 Å². The van der Waals surface area contributed by atoms with Crippen molar-refractivity contribution < 1.29 is 19.3 Å². The van der Waals surface area contributed by atoms with Crippen LogP contribution in [-0.4, -0.2) is 23.1 Å². The Morgan fingerprint density at radius 2 is 2.27 bits per heavy atom. The van der Waals surface area contributed by atoms with Crippen molar-refractivity contribution in [2.75, 3.05) is 0 Å².